The number of aliphatic imine (C=N–C) groups is 1. The minimum Gasteiger partial charge on any atom is -0.348 e. The minimum atomic E-state index is -0.126. The zero-order chi connectivity index (χ0) is 17.2. The normalized spacial score (nSPS) is 17.1. The molecule has 2 aromatic rings. The average Bonchev–Trinajstić information content (AvgIpc) is 3.16. The first-order valence-corrected chi connectivity index (χ1v) is 8.87. The molecule has 1 aromatic heterocycles. The van der Waals surface area contributed by atoms with Crippen LogP contribution in [0.1, 0.15) is 46.1 Å². The number of nitrogens with zero attached hydrogens (tertiary/aromatic N) is 2. The van der Waals surface area contributed by atoms with Crippen LogP contribution in [-0.4, -0.2) is 35.3 Å². The summed E-state index contributed by atoms with van der Waals surface area (Å²) in [4.78, 5) is 4.94. The molecule has 130 valence electrons. The van der Waals surface area contributed by atoms with E-state index in [1.54, 1.807) is 0 Å². The lowest BCUT2D eigenvalue weighted by Gasteiger charge is -2.16. The number of fused-ring (bicyclic) bond motifs is 1. The lowest BCUT2D eigenvalue weighted by atomic mass is 10.0. The summed E-state index contributed by atoms with van der Waals surface area (Å²) in [6, 6.07) is 8.79. The van der Waals surface area contributed by atoms with Gasteiger partial charge >= 0.3 is 0 Å². The zero-order valence-corrected chi connectivity index (χ0v) is 15.2. The Bertz CT molecular complexity index is 719. The smallest absolute Gasteiger partial charge is 0.175 e. The van der Waals surface area contributed by atoms with Crippen molar-refractivity contribution < 1.29 is 9.47 Å². The maximum atomic E-state index is 5.56. The molecular weight excluding hydrogens is 300 g/mol. The molecule has 1 aliphatic rings. The van der Waals surface area contributed by atoms with E-state index >= 15 is 0 Å². The molecule has 0 amide bonds. The van der Waals surface area contributed by atoms with Gasteiger partial charge in [0, 0.05) is 22.8 Å². The molecule has 1 aromatic carbocycles. The molecule has 4 nitrogen and oxygen atoms in total. The molecule has 0 spiro atoms. The van der Waals surface area contributed by atoms with Crippen LogP contribution in [0, 0.1) is 0 Å². The van der Waals surface area contributed by atoms with Crippen molar-refractivity contribution in [3.63, 3.8) is 0 Å². The summed E-state index contributed by atoms with van der Waals surface area (Å²) in [6.07, 6.45) is 4.09. The first-order chi connectivity index (χ1) is 11.5. The summed E-state index contributed by atoms with van der Waals surface area (Å²) in [7, 11) is 0. The van der Waals surface area contributed by atoms with Crippen molar-refractivity contribution in [2.75, 3.05) is 13.2 Å². The number of aromatic nitrogens is 1. The molecule has 0 unspecified atom stereocenters. The number of benzene rings is 1. The molecule has 1 saturated heterocycles. The van der Waals surface area contributed by atoms with E-state index in [1.807, 2.05) is 0 Å². The number of ether oxygens (including phenoxy) is 2. The Labute approximate surface area is 144 Å². The molecule has 0 atom stereocenters. The van der Waals surface area contributed by atoms with Crippen LogP contribution in [-0.2, 0) is 16.0 Å². The number of hydrogen-bond acceptors (Lipinski definition) is 3. The summed E-state index contributed by atoms with van der Waals surface area (Å²) >= 11 is 0. The fourth-order valence-electron chi connectivity index (χ4n) is 3.12. The van der Waals surface area contributed by atoms with E-state index in [2.05, 4.69) is 62.7 Å². The zero-order valence-electron chi connectivity index (χ0n) is 15.2. The van der Waals surface area contributed by atoms with E-state index in [9.17, 15) is 0 Å². The van der Waals surface area contributed by atoms with Crippen LogP contribution in [0.15, 0.2) is 35.5 Å². The maximum absolute atomic E-state index is 5.56. The first kappa shape index (κ1) is 17.2. The molecule has 3 rings (SSSR count). The summed E-state index contributed by atoms with van der Waals surface area (Å²) in [5, 5.41) is 1.24. The number of rotatable bonds is 5. The van der Waals surface area contributed by atoms with E-state index in [0.29, 0.717) is 13.2 Å². The van der Waals surface area contributed by atoms with Gasteiger partial charge < -0.3 is 14.0 Å². The SMILES string of the molecule is CCC/C(=N/C(C)(C)C)c1ccc2c(ccn2CC2OCCO2)c1. The van der Waals surface area contributed by atoms with Crippen LogP contribution in [0.5, 0.6) is 0 Å². The Balaban J connectivity index is 1.89. The van der Waals surface area contributed by atoms with Gasteiger partial charge in [-0.15, -0.1) is 0 Å². The fraction of sp³-hybridized carbons (Fsp3) is 0.550. The monoisotopic (exact) mass is 328 g/mol. The molecule has 4 heteroatoms. The minimum absolute atomic E-state index is 0.0530. The standard InChI is InChI=1S/C20H28N2O2/c1-5-6-17(21-20(2,3)4)15-7-8-18-16(13-15)9-10-22(18)14-19-23-11-12-24-19/h7-10,13,19H,5-6,11-12,14H2,1-4H3/b21-17-. The predicted octanol–water partition coefficient (Wildman–Crippen LogP) is 4.40. The topological polar surface area (TPSA) is 35.8 Å². The average molecular weight is 328 g/mol. The highest BCUT2D eigenvalue weighted by Gasteiger charge is 2.17. The van der Waals surface area contributed by atoms with Gasteiger partial charge in [0.05, 0.1) is 25.3 Å². The molecule has 1 fully saturated rings. The van der Waals surface area contributed by atoms with Gasteiger partial charge in [-0.25, -0.2) is 0 Å². The third-order valence-corrected chi connectivity index (χ3v) is 4.10. The van der Waals surface area contributed by atoms with Gasteiger partial charge in [0.15, 0.2) is 6.29 Å². The van der Waals surface area contributed by atoms with E-state index < -0.39 is 0 Å². The Kier molecular flexibility index (Phi) is 5.07. The van der Waals surface area contributed by atoms with Crippen LogP contribution >= 0.6 is 0 Å². The fourth-order valence-corrected chi connectivity index (χ4v) is 3.12. The van der Waals surface area contributed by atoms with Crippen LogP contribution < -0.4 is 0 Å². The van der Waals surface area contributed by atoms with Gasteiger partial charge in [0.25, 0.3) is 0 Å². The second kappa shape index (κ2) is 7.08. The number of hydrogen-bond donors (Lipinski definition) is 0. The van der Waals surface area contributed by atoms with Crippen molar-refractivity contribution in [3.05, 3.63) is 36.0 Å². The van der Waals surface area contributed by atoms with E-state index in [-0.39, 0.29) is 11.8 Å². The van der Waals surface area contributed by atoms with Gasteiger partial charge in [-0.1, -0.05) is 19.4 Å². The summed E-state index contributed by atoms with van der Waals surface area (Å²) in [5.41, 5.74) is 3.58. The second-order valence-corrected chi connectivity index (χ2v) is 7.39. The van der Waals surface area contributed by atoms with Crippen molar-refractivity contribution >= 4 is 16.6 Å². The molecule has 2 heterocycles. The summed E-state index contributed by atoms with van der Waals surface area (Å²) in [6.45, 7) is 10.8. The van der Waals surface area contributed by atoms with Gasteiger partial charge in [-0.05, 0) is 51.0 Å². The lowest BCUT2D eigenvalue weighted by Crippen LogP contribution is -2.16. The molecule has 1 aliphatic heterocycles. The Hall–Kier alpha value is -1.65. The van der Waals surface area contributed by atoms with Crippen LogP contribution in [0.4, 0.5) is 0 Å². The van der Waals surface area contributed by atoms with Gasteiger partial charge in [-0.2, -0.15) is 0 Å². The Morgan fingerprint density at radius 3 is 2.62 bits per heavy atom. The van der Waals surface area contributed by atoms with Crippen LogP contribution in [0.25, 0.3) is 10.9 Å². The van der Waals surface area contributed by atoms with Crippen molar-refractivity contribution in [3.8, 4) is 0 Å². The quantitative estimate of drug-likeness (QED) is 0.763. The van der Waals surface area contributed by atoms with Gasteiger partial charge in [-0.3, -0.25) is 4.99 Å². The van der Waals surface area contributed by atoms with Crippen molar-refractivity contribution in [2.24, 2.45) is 4.99 Å². The van der Waals surface area contributed by atoms with Crippen molar-refractivity contribution in [1.82, 2.24) is 4.57 Å². The molecule has 0 radical (unpaired) electrons. The summed E-state index contributed by atoms with van der Waals surface area (Å²) < 4.78 is 13.3. The summed E-state index contributed by atoms with van der Waals surface area (Å²) in [5.74, 6) is 0. The highest BCUT2D eigenvalue weighted by molar-refractivity contribution is 6.03. The van der Waals surface area contributed by atoms with Gasteiger partial charge in [0.2, 0.25) is 0 Å². The highest BCUT2D eigenvalue weighted by Crippen LogP contribution is 2.22. The van der Waals surface area contributed by atoms with E-state index in [1.165, 1.54) is 22.2 Å². The third-order valence-electron chi connectivity index (χ3n) is 4.10. The van der Waals surface area contributed by atoms with Crippen molar-refractivity contribution in [1.29, 1.82) is 0 Å². The van der Waals surface area contributed by atoms with Crippen LogP contribution in [0.2, 0.25) is 0 Å². The maximum Gasteiger partial charge on any atom is 0.175 e. The largest absolute Gasteiger partial charge is 0.348 e. The van der Waals surface area contributed by atoms with Gasteiger partial charge in [0.1, 0.15) is 0 Å². The Morgan fingerprint density at radius 1 is 1.21 bits per heavy atom. The molecular formula is C20H28N2O2. The second-order valence-electron chi connectivity index (χ2n) is 7.39. The Morgan fingerprint density at radius 2 is 1.96 bits per heavy atom. The van der Waals surface area contributed by atoms with Crippen LogP contribution in [0.3, 0.4) is 0 Å². The molecule has 0 saturated carbocycles. The van der Waals surface area contributed by atoms with E-state index in [4.69, 9.17) is 14.5 Å². The van der Waals surface area contributed by atoms with E-state index in [0.717, 1.165) is 19.4 Å². The molecule has 0 N–H and O–H groups in total. The predicted molar refractivity (Wildman–Crippen MR) is 98.8 cm³/mol. The first-order valence-electron chi connectivity index (χ1n) is 8.87. The third kappa shape index (κ3) is 4.05. The van der Waals surface area contributed by atoms with Crippen molar-refractivity contribution in [2.45, 2.75) is 58.9 Å². The molecule has 0 bridgehead atoms. The highest BCUT2D eigenvalue weighted by atomic mass is 16.7. The molecule has 0 aliphatic carbocycles. The lowest BCUT2D eigenvalue weighted by molar-refractivity contribution is -0.0517. The molecule has 24 heavy (non-hydrogen) atoms.